The molecule has 0 aliphatic rings. The van der Waals surface area contributed by atoms with Gasteiger partial charge >= 0.3 is 6.18 Å². The maximum Gasteiger partial charge on any atom is 0.416 e. The summed E-state index contributed by atoms with van der Waals surface area (Å²) in [5.41, 5.74) is -1.02. The molecule has 0 aliphatic carbocycles. The first kappa shape index (κ1) is 19.3. The van der Waals surface area contributed by atoms with Gasteiger partial charge < -0.3 is 10.6 Å². The average Bonchev–Trinajstić information content (AvgIpc) is 2.50. The fraction of sp³-hybridized carbons (Fsp3) is 0.400. The lowest BCUT2D eigenvalue weighted by Crippen LogP contribution is -2.38. The molecule has 1 aromatic rings. The van der Waals surface area contributed by atoms with E-state index in [1.165, 1.54) is 7.05 Å². The second-order valence-corrected chi connectivity index (χ2v) is 5.67. The number of alkyl halides is 3. The van der Waals surface area contributed by atoms with Gasteiger partial charge in [0.05, 0.1) is 5.56 Å². The molecule has 0 spiro atoms. The molecule has 0 saturated heterocycles. The zero-order valence-corrected chi connectivity index (χ0v) is 13.5. The van der Waals surface area contributed by atoms with Gasteiger partial charge in [-0.2, -0.15) is 24.9 Å². The van der Waals surface area contributed by atoms with E-state index in [1.807, 2.05) is 0 Å². The summed E-state index contributed by atoms with van der Waals surface area (Å²) in [6.07, 6.45) is -2.80. The number of nitrogens with one attached hydrogen (secondary N) is 2. The minimum atomic E-state index is -4.60. The van der Waals surface area contributed by atoms with Gasteiger partial charge in [0.25, 0.3) is 0 Å². The van der Waals surface area contributed by atoms with Crippen molar-refractivity contribution in [2.45, 2.75) is 12.7 Å². The predicted molar refractivity (Wildman–Crippen MR) is 87.1 cm³/mol. The normalized spacial score (nSPS) is 12.1. The van der Waals surface area contributed by atoms with Gasteiger partial charge in [0.2, 0.25) is 0 Å². The first-order valence-corrected chi connectivity index (χ1v) is 8.02. The highest BCUT2D eigenvalue weighted by Gasteiger charge is 2.33. The number of guanidine groups is 1. The fourth-order valence-electron chi connectivity index (χ4n) is 1.77. The van der Waals surface area contributed by atoms with E-state index in [0.717, 1.165) is 23.6 Å². The Labute approximate surface area is 137 Å². The van der Waals surface area contributed by atoms with Crippen molar-refractivity contribution in [3.63, 3.8) is 0 Å². The highest BCUT2D eigenvalue weighted by atomic mass is 32.2. The van der Waals surface area contributed by atoms with Crippen molar-refractivity contribution < 1.29 is 17.6 Å². The van der Waals surface area contributed by atoms with Crippen molar-refractivity contribution in [1.29, 1.82) is 0 Å². The smallest absolute Gasteiger partial charge is 0.356 e. The molecular formula is C15H19F4N3S. The summed E-state index contributed by atoms with van der Waals surface area (Å²) in [6.45, 7) is 4.13. The van der Waals surface area contributed by atoms with E-state index in [4.69, 9.17) is 0 Å². The third kappa shape index (κ3) is 6.94. The second-order valence-electron chi connectivity index (χ2n) is 4.52. The molecule has 0 atom stereocenters. The van der Waals surface area contributed by atoms with Gasteiger partial charge in [0.15, 0.2) is 5.96 Å². The van der Waals surface area contributed by atoms with Crippen molar-refractivity contribution in [3.05, 3.63) is 47.8 Å². The number of halogens is 4. The van der Waals surface area contributed by atoms with Crippen molar-refractivity contribution in [3.8, 4) is 0 Å². The van der Waals surface area contributed by atoms with Crippen molar-refractivity contribution in [2.24, 2.45) is 4.99 Å². The number of hydrogen-bond donors (Lipinski definition) is 2. The predicted octanol–water partition coefficient (Wildman–Crippen LogP) is 3.43. The van der Waals surface area contributed by atoms with Gasteiger partial charge in [-0.05, 0) is 17.7 Å². The van der Waals surface area contributed by atoms with E-state index in [1.54, 1.807) is 17.8 Å². The van der Waals surface area contributed by atoms with E-state index in [2.05, 4.69) is 22.2 Å². The Morgan fingerprint density at radius 3 is 2.70 bits per heavy atom. The van der Waals surface area contributed by atoms with Crippen LogP contribution in [0.3, 0.4) is 0 Å². The van der Waals surface area contributed by atoms with Crippen molar-refractivity contribution in [2.75, 3.05) is 25.1 Å². The molecule has 1 aromatic carbocycles. The topological polar surface area (TPSA) is 36.4 Å². The van der Waals surface area contributed by atoms with Crippen LogP contribution in [0.1, 0.15) is 11.1 Å². The number of nitrogens with zero attached hydrogens (tertiary/aromatic N) is 1. The van der Waals surface area contributed by atoms with Gasteiger partial charge in [-0.25, -0.2) is 4.39 Å². The number of thioether (sulfide) groups is 1. The third-order valence-electron chi connectivity index (χ3n) is 2.82. The first-order valence-electron chi connectivity index (χ1n) is 6.87. The Bertz CT molecular complexity index is 544. The molecule has 23 heavy (non-hydrogen) atoms. The summed E-state index contributed by atoms with van der Waals surface area (Å²) in [6, 6.07) is 2.63. The molecular weight excluding hydrogens is 330 g/mol. The van der Waals surface area contributed by atoms with Crippen LogP contribution in [-0.4, -0.2) is 31.1 Å². The van der Waals surface area contributed by atoms with Crippen LogP contribution >= 0.6 is 11.8 Å². The van der Waals surface area contributed by atoms with Gasteiger partial charge in [0.1, 0.15) is 5.82 Å². The number of aliphatic imine (C=N–C) groups is 1. The lowest BCUT2D eigenvalue weighted by molar-refractivity contribution is -0.138. The quantitative estimate of drug-likeness (QED) is 0.260. The van der Waals surface area contributed by atoms with Gasteiger partial charge in [-0.3, -0.25) is 4.99 Å². The Balaban J connectivity index is 2.61. The summed E-state index contributed by atoms with van der Waals surface area (Å²) in [4.78, 5) is 3.94. The van der Waals surface area contributed by atoms with Crippen LogP contribution in [0.5, 0.6) is 0 Å². The van der Waals surface area contributed by atoms with Crippen LogP contribution in [0, 0.1) is 5.82 Å². The molecule has 8 heteroatoms. The van der Waals surface area contributed by atoms with E-state index >= 15 is 0 Å². The lowest BCUT2D eigenvalue weighted by atomic mass is 10.1. The molecule has 3 nitrogen and oxygen atoms in total. The number of rotatable bonds is 7. The summed E-state index contributed by atoms with van der Waals surface area (Å²) in [5, 5.41) is 5.79. The standard InChI is InChI=1S/C15H19F4N3S/c1-3-7-23-8-6-21-14(20-2)22-10-11-4-5-12(16)9-13(11)15(17,18)19/h3-5,9H,1,6-8,10H2,2H3,(H2,20,21,22). The molecule has 0 amide bonds. The molecule has 0 unspecified atom stereocenters. The summed E-state index contributed by atoms with van der Waals surface area (Å²) < 4.78 is 51.8. The van der Waals surface area contributed by atoms with Gasteiger partial charge in [-0.15, -0.1) is 6.58 Å². The molecule has 0 saturated carbocycles. The van der Waals surface area contributed by atoms with E-state index in [9.17, 15) is 17.6 Å². The third-order valence-corrected chi connectivity index (χ3v) is 3.79. The summed E-state index contributed by atoms with van der Waals surface area (Å²) in [5.74, 6) is 1.12. The Hall–Kier alpha value is -1.70. The van der Waals surface area contributed by atoms with Crippen LogP contribution in [0.25, 0.3) is 0 Å². The molecule has 0 aliphatic heterocycles. The molecule has 0 radical (unpaired) electrons. The van der Waals surface area contributed by atoms with Crippen LogP contribution in [0.4, 0.5) is 17.6 Å². The van der Waals surface area contributed by atoms with Crippen LogP contribution < -0.4 is 10.6 Å². The molecule has 0 bridgehead atoms. The minimum Gasteiger partial charge on any atom is -0.356 e. The van der Waals surface area contributed by atoms with Crippen LogP contribution in [-0.2, 0) is 12.7 Å². The van der Waals surface area contributed by atoms with Crippen molar-refractivity contribution >= 4 is 17.7 Å². The lowest BCUT2D eigenvalue weighted by Gasteiger charge is -2.15. The van der Waals surface area contributed by atoms with Crippen LogP contribution in [0.15, 0.2) is 35.8 Å². The number of hydrogen-bond acceptors (Lipinski definition) is 2. The highest BCUT2D eigenvalue weighted by Crippen LogP contribution is 2.32. The van der Waals surface area contributed by atoms with Crippen molar-refractivity contribution in [1.82, 2.24) is 10.6 Å². The second kappa shape index (κ2) is 9.44. The van der Waals surface area contributed by atoms with Gasteiger partial charge in [-0.1, -0.05) is 12.1 Å². The van der Waals surface area contributed by atoms with Gasteiger partial charge in [0, 0.05) is 31.6 Å². The summed E-state index contributed by atoms with van der Waals surface area (Å²) in [7, 11) is 1.53. The highest BCUT2D eigenvalue weighted by molar-refractivity contribution is 7.99. The molecule has 0 heterocycles. The van der Waals surface area contributed by atoms with E-state index < -0.39 is 17.6 Å². The Morgan fingerprint density at radius 2 is 2.09 bits per heavy atom. The Morgan fingerprint density at radius 1 is 1.35 bits per heavy atom. The SMILES string of the molecule is C=CCSCCNC(=NC)NCc1ccc(F)cc1C(F)(F)F. The molecule has 0 fully saturated rings. The van der Waals surface area contributed by atoms with E-state index in [-0.39, 0.29) is 12.1 Å². The summed E-state index contributed by atoms with van der Waals surface area (Å²) >= 11 is 1.67. The number of benzene rings is 1. The fourth-order valence-corrected chi connectivity index (χ4v) is 2.35. The minimum absolute atomic E-state index is 0.0390. The first-order chi connectivity index (χ1) is 10.9. The van der Waals surface area contributed by atoms with Crippen LogP contribution in [0.2, 0.25) is 0 Å². The molecule has 2 N–H and O–H groups in total. The zero-order valence-electron chi connectivity index (χ0n) is 12.7. The zero-order chi connectivity index (χ0) is 17.3. The van der Waals surface area contributed by atoms with E-state index in [0.29, 0.717) is 18.6 Å². The average molecular weight is 349 g/mol. The maximum atomic E-state index is 13.0. The largest absolute Gasteiger partial charge is 0.416 e. The maximum absolute atomic E-state index is 13.0. The molecule has 1 rings (SSSR count). The monoisotopic (exact) mass is 349 g/mol. The molecule has 128 valence electrons. The molecule has 0 aromatic heterocycles. The Kier molecular flexibility index (Phi) is 7.94.